The number of amides is 1. The summed E-state index contributed by atoms with van der Waals surface area (Å²) in [5.74, 6) is -0.317. The van der Waals surface area contributed by atoms with Crippen LogP contribution in [0.3, 0.4) is 0 Å². The number of sulfonamides is 1. The monoisotopic (exact) mass is 354 g/mol. The average Bonchev–Trinajstić information content (AvgIpc) is 3.17. The van der Waals surface area contributed by atoms with E-state index in [1.165, 1.54) is 23.5 Å². The fourth-order valence-electron chi connectivity index (χ4n) is 3.75. The Bertz CT molecular complexity index is 699. The van der Waals surface area contributed by atoms with Crippen molar-refractivity contribution in [1.29, 1.82) is 0 Å². The van der Waals surface area contributed by atoms with Crippen LogP contribution in [0.2, 0.25) is 0 Å². The Morgan fingerprint density at radius 2 is 1.83 bits per heavy atom. The molecule has 3 rings (SSSR count). The molecule has 132 valence electrons. The standard InChI is InChI=1S/C17H23FN2O3S/c1-19(24(22,23)16-8-6-14(18)7-9-16)11-13-10-17(21)20(12-13)15-4-2-3-5-15/h6-9,13,15H,2-5,10-12H2,1H3. The van der Waals surface area contributed by atoms with E-state index in [-0.39, 0.29) is 16.7 Å². The van der Waals surface area contributed by atoms with Gasteiger partial charge in [0.05, 0.1) is 4.90 Å². The fraction of sp³-hybridized carbons (Fsp3) is 0.588. The Kier molecular flexibility index (Phi) is 4.92. The van der Waals surface area contributed by atoms with Crippen molar-refractivity contribution < 1.29 is 17.6 Å². The van der Waals surface area contributed by atoms with Crippen LogP contribution in [0.25, 0.3) is 0 Å². The molecule has 0 N–H and O–H groups in total. The molecule has 0 radical (unpaired) electrons. The molecular weight excluding hydrogens is 331 g/mol. The zero-order chi connectivity index (χ0) is 17.3. The molecule has 2 aliphatic rings. The lowest BCUT2D eigenvalue weighted by molar-refractivity contribution is -0.129. The number of hydrogen-bond donors (Lipinski definition) is 0. The minimum Gasteiger partial charge on any atom is -0.339 e. The van der Waals surface area contributed by atoms with Crippen molar-refractivity contribution >= 4 is 15.9 Å². The Morgan fingerprint density at radius 3 is 2.46 bits per heavy atom. The minimum absolute atomic E-state index is 0.0123. The lowest BCUT2D eigenvalue weighted by atomic mass is 10.1. The van der Waals surface area contributed by atoms with Crippen LogP contribution in [-0.2, 0) is 14.8 Å². The van der Waals surface area contributed by atoms with E-state index in [9.17, 15) is 17.6 Å². The third-order valence-corrected chi connectivity index (χ3v) is 6.88. The predicted molar refractivity (Wildman–Crippen MR) is 88.3 cm³/mol. The Labute approximate surface area is 142 Å². The van der Waals surface area contributed by atoms with Gasteiger partial charge in [-0.3, -0.25) is 4.79 Å². The first-order valence-corrected chi connectivity index (χ1v) is 9.83. The molecule has 5 nitrogen and oxygen atoms in total. The van der Waals surface area contributed by atoms with Crippen molar-refractivity contribution in [2.45, 2.75) is 43.0 Å². The minimum atomic E-state index is -3.66. The second-order valence-electron chi connectivity index (χ2n) is 6.79. The summed E-state index contributed by atoms with van der Waals surface area (Å²) in [7, 11) is -2.15. The maximum absolute atomic E-state index is 13.0. The number of carbonyl (C=O) groups is 1. The number of benzene rings is 1. The number of halogens is 1. The lowest BCUT2D eigenvalue weighted by Crippen LogP contribution is -2.36. The lowest BCUT2D eigenvalue weighted by Gasteiger charge is -2.25. The van der Waals surface area contributed by atoms with Gasteiger partial charge in [-0.25, -0.2) is 17.1 Å². The fourth-order valence-corrected chi connectivity index (χ4v) is 4.99. The second kappa shape index (κ2) is 6.80. The van der Waals surface area contributed by atoms with Crippen molar-refractivity contribution in [2.75, 3.05) is 20.1 Å². The van der Waals surface area contributed by atoms with Gasteiger partial charge in [-0.15, -0.1) is 0 Å². The van der Waals surface area contributed by atoms with E-state index in [0.29, 0.717) is 25.6 Å². The molecule has 0 spiro atoms. The molecule has 1 amide bonds. The summed E-state index contributed by atoms with van der Waals surface area (Å²) in [5.41, 5.74) is 0. The highest BCUT2D eigenvalue weighted by molar-refractivity contribution is 7.89. The van der Waals surface area contributed by atoms with E-state index in [0.717, 1.165) is 37.8 Å². The van der Waals surface area contributed by atoms with Crippen LogP contribution >= 0.6 is 0 Å². The Balaban J connectivity index is 1.65. The second-order valence-corrected chi connectivity index (χ2v) is 8.84. The zero-order valence-corrected chi connectivity index (χ0v) is 14.6. The van der Waals surface area contributed by atoms with Gasteiger partial charge in [0.2, 0.25) is 15.9 Å². The Morgan fingerprint density at radius 1 is 1.21 bits per heavy atom. The van der Waals surface area contributed by atoms with Crippen LogP contribution in [0.15, 0.2) is 29.2 Å². The molecule has 2 fully saturated rings. The highest BCUT2D eigenvalue weighted by Crippen LogP contribution is 2.30. The van der Waals surface area contributed by atoms with Gasteiger partial charge in [0.25, 0.3) is 0 Å². The molecule has 1 aliphatic carbocycles. The van der Waals surface area contributed by atoms with Gasteiger partial charge in [0.15, 0.2) is 0 Å². The number of likely N-dealkylation sites (tertiary alicyclic amines) is 1. The van der Waals surface area contributed by atoms with Crippen molar-refractivity contribution in [3.05, 3.63) is 30.1 Å². The molecule has 1 unspecified atom stereocenters. The molecule has 1 aromatic rings. The molecular formula is C17H23FN2O3S. The molecule has 1 aliphatic heterocycles. The summed E-state index contributed by atoms with van der Waals surface area (Å²) in [4.78, 5) is 14.2. The number of hydrogen-bond acceptors (Lipinski definition) is 3. The Hall–Kier alpha value is -1.47. The maximum atomic E-state index is 13.0. The zero-order valence-electron chi connectivity index (χ0n) is 13.8. The van der Waals surface area contributed by atoms with Crippen LogP contribution in [-0.4, -0.2) is 49.7 Å². The molecule has 1 atom stereocenters. The van der Waals surface area contributed by atoms with E-state index in [4.69, 9.17) is 0 Å². The van der Waals surface area contributed by atoms with Crippen LogP contribution in [0.5, 0.6) is 0 Å². The van der Waals surface area contributed by atoms with Gasteiger partial charge >= 0.3 is 0 Å². The first-order valence-electron chi connectivity index (χ1n) is 8.39. The first-order chi connectivity index (χ1) is 11.4. The summed E-state index contributed by atoms with van der Waals surface area (Å²) >= 11 is 0. The van der Waals surface area contributed by atoms with E-state index < -0.39 is 15.8 Å². The summed E-state index contributed by atoms with van der Waals surface area (Å²) in [6, 6.07) is 5.16. The summed E-state index contributed by atoms with van der Waals surface area (Å²) in [6.07, 6.45) is 4.85. The van der Waals surface area contributed by atoms with E-state index in [1.807, 2.05) is 4.90 Å². The molecule has 7 heteroatoms. The number of nitrogens with zero attached hydrogens (tertiary/aromatic N) is 2. The van der Waals surface area contributed by atoms with Crippen LogP contribution in [0, 0.1) is 11.7 Å². The summed E-state index contributed by atoms with van der Waals surface area (Å²) < 4.78 is 39.4. The van der Waals surface area contributed by atoms with Crippen molar-refractivity contribution in [2.24, 2.45) is 5.92 Å². The van der Waals surface area contributed by atoms with Crippen molar-refractivity contribution in [3.63, 3.8) is 0 Å². The molecule has 1 heterocycles. The molecule has 1 saturated carbocycles. The third kappa shape index (κ3) is 3.47. The normalized spacial score (nSPS) is 22.7. The van der Waals surface area contributed by atoms with Crippen LogP contribution in [0.1, 0.15) is 32.1 Å². The van der Waals surface area contributed by atoms with Crippen molar-refractivity contribution in [3.8, 4) is 0 Å². The van der Waals surface area contributed by atoms with Crippen LogP contribution < -0.4 is 0 Å². The predicted octanol–water partition coefficient (Wildman–Crippen LogP) is 2.24. The van der Waals surface area contributed by atoms with Crippen molar-refractivity contribution in [1.82, 2.24) is 9.21 Å². The maximum Gasteiger partial charge on any atom is 0.242 e. The molecule has 0 aromatic heterocycles. The number of rotatable bonds is 5. The number of carbonyl (C=O) groups excluding carboxylic acids is 1. The van der Waals surface area contributed by atoms with E-state index in [1.54, 1.807) is 0 Å². The molecule has 1 aromatic carbocycles. The smallest absolute Gasteiger partial charge is 0.242 e. The van der Waals surface area contributed by atoms with Gasteiger partial charge < -0.3 is 4.90 Å². The van der Waals surface area contributed by atoms with E-state index >= 15 is 0 Å². The molecule has 0 bridgehead atoms. The molecule has 1 saturated heterocycles. The van der Waals surface area contributed by atoms with Crippen LogP contribution in [0.4, 0.5) is 4.39 Å². The third-order valence-electron chi connectivity index (χ3n) is 5.04. The highest BCUT2D eigenvalue weighted by atomic mass is 32.2. The molecule has 24 heavy (non-hydrogen) atoms. The summed E-state index contributed by atoms with van der Waals surface area (Å²) in [6.45, 7) is 0.932. The first kappa shape index (κ1) is 17.4. The van der Waals surface area contributed by atoms with Gasteiger partial charge in [-0.05, 0) is 43.0 Å². The van der Waals surface area contributed by atoms with E-state index in [2.05, 4.69) is 0 Å². The van der Waals surface area contributed by atoms with Gasteiger partial charge in [0.1, 0.15) is 5.82 Å². The van der Waals surface area contributed by atoms with Gasteiger partial charge in [0, 0.05) is 32.6 Å². The largest absolute Gasteiger partial charge is 0.339 e. The highest BCUT2D eigenvalue weighted by Gasteiger charge is 2.37. The SMILES string of the molecule is CN(CC1CC(=O)N(C2CCCC2)C1)S(=O)(=O)c1ccc(F)cc1. The summed E-state index contributed by atoms with van der Waals surface area (Å²) in [5, 5.41) is 0. The quantitative estimate of drug-likeness (QED) is 0.815. The average molecular weight is 354 g/mol. The van der Waals surface area contributed by atoms with Gasteiger partial charge in [-0.2, -0.15) is 0 Å². The topological polar surface area (TPSA) is 57.7 Å². The van der Waals surface area contributed by atoms with Gasteiger partial charge in [-0.1, -0.05) is 12.8 Å².